The molecule has 0 saturated heterocycles. The predicted molar refractivity (Wildman–Crippen MR) is 72.7 cm³/mol. The van der Waals surface area contributed by atoms with E-state index in [2.05, 4.69) is 0 Å². The molecule has 2 rings (SSSR count). The fourth-order valence-corrected chi connectivity index (χ4v) is 1.87. The first-order chi connectivity index (χ1) is 9.52. The van der Waals surface area contributed by atoms with Gasteiger partial charge in [0.05, 0.1) is 6.61 Å². The quantitative estimate of drug-likeness (QED) is 0.808. The van der Waals surface area contributed by atoms with Crippen LogP contribution in [0.1, 0.15) is 22.8 Å². The molecule has 0 bridgehead atoms. The highest BCUT2D eigenvalue weighted by Crippen LogP contribution is 2.09. The Morgan fingerprint density at radius 1 is 1.30 bits per heavy atom. The SMILES string of the molecule is CCOC(=O)c1cc(C)cn(-c2ccc(F)cc2)c1=O. The van der Waals surface area contributed by atoms with E-state index >= 15 is 0 Å². The highest BCUT2D eigenvalue weighted by atomic mass is 19.1. The van der Waals surface area contributed by atoms with E-state index in [0.717, 1.165) is 5.56 Å². The van der Waals surface area contributed by atoms with Gasteiger partial charge in [-0.05, 0) is 49.7 Å². The van der Waals surface area contributed by atoms with E-state index in [4.69, 9.17) is 4.74 Å². The van der Waals surface area contributed by atoms with Gasteiger partial charge in [0.25, 0.3) is 5.56 Å². The Labute approximate surface area is 115 Å². The van der Waals surface area contributed by atoms with Crippen LogP contribution in [0.25, 0.3) is 5.69 Å². The fraction of sp³-hybridized carbons (Fsp3) is 0.200. The smallest absolute Gasteiger partial charge is 0.343 e. The molecule has 20 heavy (non-hydrogen) atoms. The number of rotatable bonds is 3. The summed E-state index contributed by atoms with van der Waals surface area (Å²) in [4.78, 5) is 24.1. The number of nitrogens with zero attached hydrogens (tertiary/aromatic N) is 1. The van der Waals surface area contributed by atoms with Gasteiger partial charge in [0.15, 0.2) is 0 Å². The van der Waals surface area contributed by atoms with Crippen molar-refractivity contribution in [1.82, 2.24) is 4.57 Å². The summed E-state index contributed by atoms with van der Waals surface area (Å²) in [5, 5.41) is 0. The lowest BCUT2D eigenvalue weighted by Crippen LogP contribution is -2.26. The van der Waals surface area contributed by atoms with E-state index in [-0.39, 0.29) is 18.0 Å². The molecule has 0 N–H and O–H groups in total. The van der Waals surface area contributed by atoms with Crippen LogP contribution < -0.4 is 5.56 Å². The third kappa shape index (κ3) is 2.77. The van der Waals surface area contributed by atoms with Gasteiger partial charge in [-0.15, -0.1) is 0 Å². The molecule has 2 aromatic rings. The lowest BCUT2D eigenvalue weighted by atomic mass is 10.2. The van der Waals surface area contributed by atoms with Gasteiger partial charge in [-0.1, -0.05) is 0 Å². The molecule has 0 atom stereocenters. The lowest BCUT2D eigenvalue weighted by molar-refractivity contribution is 0.0523. The maximum absolute atomic E-state index is 12.9. The van der Waals surface area contributed by atoms with Crippen LogP contribution in [0.15, 0.2) is 41.3 Å². The first kappa shape index (κ1) is 14.0. The van der Waals surface area contributed by atoms with Crippen molar-refractivity contribution >= 4 is 5.97 Å². The third-order valence-electron chi connectivity index (χ3n) is 2.75. The molecule has 0 aliphatic rings. The molecule has 4 nitrogen and oxygen atoms in total. The Balaban J connectivity index is 2.57. The average molecular weight is 275 g/mol. The van der Waals surface area contributed by atoms with Gasteiger partial charge < -0.3 is 4.74 Å². The summed E-state index contributed by atoms with van der Waals surface area (Å²) in [6.07, 6.45) is 1.60. The van der Waals surface area contributed by atoms with Gasteiger partial charge in [0, 0.05) is 11.9 Å². The minimum Gasteiger partial charge on any atom is -0.462 e. The summed E-state index contributed by atoms with van der Waals surface area (Å²) >= 11 is 0. The molecule has 0 fully saturated rings. The number of benzene rings is 1. The molecule has 1 aromatic carbocycles. The largest absolute Gasteiger partial charge is 0.462 e. The van der Waals surface area contributed by atoms with Crippen molar-refractivity contribution in [2.24, 2.45) is 0 Å². The second kappa shape index (κ2) is 5.69. The van der Waals surface area contributed by atoms with Crippen LogP contribution in [0.3, 0.4) is 0 Å². The summed E-state index contributed by atoms with van der Waals surface area (Å²) in [5.41, 5.74) is 0.708. The summed E-state index contributed by atoms with van der Waals surface area (Å²) in [6, 6.07) is 6.96. The molecule has 0 saturated carbocycles. The van der Waals surface area contributed by atoms with Gasteiger partial charge >= 0.3 is 5.97 Å². The molecule has 0 amide bonds. The summed E-state index contributed by atoms with van der Waals surface area (Å²) < 4.78 is 19.1. The van der Waals surface area contributed by atoms with E-state index in [1.54, 1.807) is 20.0 Å². The Bertz CT molecular complexity index is 689. The maximum Gasteiger partial charge on any atom is 0.343 e. The average Bonchev–Trinajstić information content (AvgIpc) is 2.42. The molecule has 5 heteroatoms. The summed E-state index contributed by atoms with van der Waals surface area (Å²) in [5.74, 6) is -1.04. The Hall–Kier alpha value is -2.43. The van der Waals surface area contributed by atoms with Crippen LogP contribution in [-0.2, 0) is 4.74 Å². The molecule has 1 aromatic heterocycles. The van der Waals surface area contributed by atoms with Crippen molar-refractivity contribution in [2.45, 2.75) is 13.8 Å². The van der Waals surface area contributed by atoms with E-state index in [1.165, 1.54) is 34.9 Å². The van der Waals surface area contributed by atoms with Gasteiger partial charge in [-0.2, -0.15) is 0 Å². The number of halogens is 1. The van der Waals surface area contributed by atoms with Crippen molar-refractivity contribution < 1.29 is 13.9 Å². The van der Waals surface area contributed by atoms with Crippen LogP contribution in [0.5, 0.6) is 0 Å². The van der Waals surface area contributed by atoms with Crippen molar-refractivity contribution in [1.29, 1.82) is 0 Å². The minimum absolute atomic E-state index is 0.0313. The predicted octanol–water partition coefficient (Wildman–Crippen LogP) is 2.46. The number of esters is 1. The second-order valence-electron chi connectivity index (χ2n) is 4.30. The molecular weight excluding hydrogens is 261 g/mol. The Kier molecular flexibility index (Phi) is 3.98. The fourth-order valence-electron chi connectivity index (χ4n) is 1.87. The standard InChI is InChI=1S/C15H14FNO3/c1-3-20-15(19)13-8-10(2)9-17(14(13)18)12-6-4-11(16)5-7-12/h4-9H,3H2,1-2H3. The van der Waals surface area contributed by atoms with Crippen LogP contribution in [0.4, 0.5) is 4.39 Å². The zero-order valence-corrected chi connectivity index (χ0v) is 11.2. The van der Waals surface area contributed by atoms with Gasteiger partial charge in [0.1, 0.15) is 11.4 Å². The van der Waals surface area contributed by atoms with Crippen molar-refractivity contribution in [3.05, 3.63) is 63.8 Å². The number of hydrogen-bond acceptors (Lipinski definition) is 3. The Morgan fingerprint density at radius 3 is 2.55 bits per heavy atom. The molecular formula is C15H14FNO3. The highest BCUT2D eigenvalue weighted by molar-refractivity contribution is 5.89. The molecule has 0 spiro atoms. The van der Waals surface area contributed by atoms with E-state index < -0.39 is 11.5 Å². The van der Waals surface area contributed by atoms with Crippen molar-refractivity contribution in [3.8, 4) is 5.69 Å². The summed E-state index contributed by atoms with van der Waals surface area (Å²) in [6.45, 7) is 3.64. The van der Waals surface area contributed by atoms with E-state index in [9.17, 15) is 14.0 Å². The van der Waals surface area contributed by atoms with Gasteiger partial charge in [0.2, 0.25) is 0 Å². The second-order valence-corrected chi connectivity index (χ2v) is 4.30. The number of ether oxygens (including phenoxy) is 1. The van der Waals surface area contributed by atoms with Gasteiger partial charge in [-0.25, -0.2) is 9.18 Å². The normalized spacial score (nSPS) is 10.3. The third-order valence-corrected chi connectivity index (χ3v) is 2.75. The van der Waals surface area contributed by atoms with Crippen molar-refractivity contribution in [3.63, 3.8) is 0 Å². The zero-order chi connectivity index (χ0) is 14.7. The number of carbonyl (C=O) groups excluding carboxylic acids is 1. The minimum atomic E-state index is -0.655. The number of hydrogen-bond donors (Lipinski definition) is 0. The van der Waals surface area contributed by atoms with Crippen LogP contribution >= 0.6 is 0 Å². The summed E-state index contributed by atoms with van der Waals surface area (Å²) in [7, 11) is 0. The van der Waals surface area contributed by atoms with Gasteiger partial charge in [-0.3, -0.25) is 9.36 Å². The first-order valence-corrected chi connectivity index (χ1v) is 6.19. The van der Waals surface area contributed by atoms with Crippen LogP contribution in [-0.4, -0.2) is 17.1 Å². The monoisotopic (exact) mass is 275 g/mol. The molecule has 0 radical (unpaired) electrons. The zero-order valence-electron chi connectivity index (χ0n) is 11.2. The topological polar surface area (TPSA) is 48.3 Å². The number of aryl methyl sites for hydroxylation is 1. The highest BCUT2D eigenvalue weighted by Gasteiger charge is 2.15. The molecule has 1 heterocycles. The molecule has 0 aliphatic heterocycles. The van der Waals surface area contributed by atoms with Crippen LogP contribution in [0.2, 0.25) is 0 Å². The van der Waals surface area contributed by atoms with Crippen molar-refractivity contribution in [2.75, 3.05) is 6.61 Å². The Morgan fingerprint density at radius 2 is 1.95 bits per heavy atom. The molecule has 104 valence electrons. The number of aromatic nitrogens is 1. The number of pyridine rings is 1. The first-order valence-electron chi connectivity index (χ1n) is 6.19. The van der Waals surface area contributed by atoms with E-state index in [0.29, 0.717) is 5.69 Å². The number of carbonyl (C=O) groups is 1. The van der Waals surface area contributed by atoms with E-state index in [1.807, 2.05) is 0 Å². The maximum atomic E-state index is 12.9. The molecule has 0 unspecified atom stereocenters. The molecule has 0 aliphatic carbocycles. The van der Waals surface area contributed by atoms with Crippen LogP contribution in [0, 0.1) is 12.7 Å². The lowest BCUT2D eigenvalue weighted by Gasteiger charge is -2.09.